The minimum Gasteiger partial charge on any atom is -0.380 e. The summed E-state index contributed by atoms with van der Waals surface area (Å²) in [5, 5.41) is 3.48. The van der Waals surface area contributed by atoms with E-state index < -0.39 is 0 Å². The SMILES string of the molecule is CCCC(NC)C(CC)N(C)C1CCOC1. The van der Waals surface area contributed by atoms with E-state index in [9.17, 15) is 0 Å². The van der Waals surface area contributed by atoms with Crippen molar-refractivity contribution in [2.75, 3.05) is 27.3 Å². The first-order valence-electron chi connectivity index (χ1n) is 6.71. The number of rotatable bonds is 7. The molecule has 0 aromatic carbocycles. The van der Waals surface area contributed by atoms with Gasteiger partial charge in [-0.3, -0.25) is 4.90 Å². The maximum atomic E-state index is 5.48. The third kappa shape index (κ3) is 3.44. The van der Waals surface area contributed by atoms with Gasteiger partial charge in [-0.2, -0.15) is 0 Å². The normalized spacial score (nSPS) is 24.9. The van der Waals surface area contributed by atoms with Gasteiger partial charge in [-0.1, -0.05) is 20.3 Å². The molecule has 0 saturated carbocycles. The molecule has 0 aromatic heterocycles. The van der Waals surface area contributed by atoms with Gasteiger partial charge in [0.1, 0.15) is 0 Å². The zero-order chi connectivity index (χ0) is 12.0. The van der Waals surface area contributed by atoms with Gasteiger partial charge < -0.3 is 10.1 Å². The molecule has 1 saturated heterocycles. The van der Waals surface area contributed by atoms with E-state index in [1.54, 1.807) is 0 Å². The van der Waals surface area contributed by atoms with Crippen LogP contribution in [0.15, 0.2) is 0 Å². The highest BCUT2D eigenvalue weighted by molar-refractivity contribution is 4.86. The van der Waals surface area contributed by atoms with Gasteiger partial charge in [-0.15, -0.1) is 0 Å². The highest BCUT2D eigenvalue weighted by Gasteiger charge is 2.29. The largest absolute Gasteiger partial charge is 0.380 e. The zero-order valence-electron chi connectivity index (χ0n) is 11.3. The molecule has 16 heavy (non-hydrogen) atoms. The van der Waals surface area contributed by atoms with E-state index in [1.165, 1.54) is 25.7 Å². The summed E-state index contributed by atoms with van der Waals surface area (Å²) in [6.45, 7) is 6.39. The van der Waals surface area contributed by atoms with E-state index in [1.807, 2.05) is 0 Å². The maximum Gasteiger partial charge on any atom is 0.0622 e. The molecule has 3 heteroatoms. The van der Waals surface area contributed by atoms with Crippen LogP contribution in [0.25, 0.3) is 0 Å². The highest BCUT2D eigenvalue weighted by Crippen LogP contribution is 2.19. The molecular weight excluding hydrogens is 200 g/mol. The average Bonchev–Trinajstić information content (AvgIpc) is 2.82. The van der Waals surface area contributed by atoms with Crippen molar-refractivity contribution in [2.24, 2.45) is 0 Å². The zero-order valence-corrected chi connectivity index (χ0v) is 11.3. The van der Waals surface area contributed by atoms with E-state index in [0.29, 0.717) is 18.1 Å². The first-order chi connectivity index (χ1) is 7.74. The molecule has 3 atom stereocenters. The summed E-state index contributed by atoms with van der Waals surface area (Å²) < 4.78 is 5.48. The van der Waals surface area contributed by atoms with E-state index in [4.69, 9.17) is 4.74 Å². The summed E-state index contributed by atoms with van der Waals surface area (Å²) >= 11 is 0. The van der Waals surface area contributed by atoms with Gasteiger partial charge in [0.15, 0.2) is 0 Å². The summed E-state index contributed by atoms with van der Waals surface area (Å²) in [7, 11) is 4.34. The van der Waals surface area contributed by atoms with Gasteiger partial charge in [0.25, 0.3) is 0 Å². The number of hydrogen-bond acceptors (Lipinski definition) is 3. The lowest BCUT2D eigenvalue weighted by atomic mass is 9.98. The lowest BCUT2D eigenvalue weighted by Gasteiger charge is -2.37. The van der Waals surface area contributed by atoms with Crippen LogP contribution in [0.3, 0.4) is 0 Å². The maximum absolute atomic E-state index is 5.48. The van der Waals surface area contributed by atoms with Gasteiger partial charge in [0.05, 0.1) is 6.61 Å². The van der Waals surface area contributed by atoms with Crippen molar-refractivity contribution in [3.8, 4) is 0 Å². The van der Waals surface area contributed by atoms with Crippen molar-refractivity contribution in [1.82, 2.24) is 10.2 Å². The molecule has 0 aliphatic carbocycles. The fourth-order valence-electron chi connectivity index (χ4n) is 2.81. The van der Waals surface area contributed by atoms with Crippen LogP contribution in [0.1, 0.15) is 39.5 Å². The topological polar surface area (TPSA) is 24.5 Å². The Morgan fingerprint density at radius 3 is 2.62 bits per heavy atom. The molecule has 0 amide bonds. The molecule has 1 N–H and O–H groups in total. The van der Waals surface area contributed by atoms with Gasteiger partial charge in [-0.25, -0.2) is 0 Å². The number of nitrogens with zero attached hydrogens (tertiary/aromatic N) is 1. The average molecular weight is 228 g/mol. The Bertz CT molecular complexity index is 181. The Hall–Kier alpha value is -0.120. The predicted molar refractivity (Wildman–Crippen MR) is 68.8 cm³/mol. The molecule has 1 fully saturated rings. The Morgan fingerprint density at radius 1 is 1.44 bits per heavy atom. The molecule has 1 heterocycles. The number of nitrogens with one attached hydrogen (secondary N) is 1. The molecule has 0 radical (unpaired) electrons. The standard InChI is InChI=1S/C13H28N2O/c1-5-7-12(14-3)13(6-2)15(4)11-8-9-16-10-11/h11-14H,5-10H2,1-4H3. The van der Waals surface area contributed by atoms with Crippen molar-refractivity contribution in [3.05, 3.63) is 0 Å². The van der Waals surface area contributed by atoms with Crippen LogP contribution in [0.5, 0.6) is 0 Å². The second kappa shape index (κ2) is 7.25. The summed E-state index contributed by atoms with van der Waals surface area (Å²) in [6, 6.07) is 1.87. The van der Waals surface area contributed by atoms with Crippen molar-refractivity contribution >= 4 is 0 Å². The summed E-state index contributed by atoms with van der Waals surface area (Å²) in [4.78, 5) is 2.53. The fourth-order valence-corrected chi connectivity index (χ4v) is 2.81. The minimum absolute atomic E-state index is 0.612. The Balaban J connectivity index is 2.55. The summed E-state index contributed by atoms with van der Waals surface area (Å²) in [6.07, 6.45) is 4.90. The van der Waals surface area contributed by atoms with Gasteiger partial charge >= 0.3 is 0 Å². The van der Waals surface area contributed by atoms with Crippen LogP contribution in [0.4, 0.5) is 0 Å². The second-order valence-electron chi connectivity index (χ2n) is 4.84. The lowest BCUT2D eigenvalue weighted by molar-refractivity contribution is 0.109. The molecule has 96 valence electrons. The van der Waals surface area contributed by atoms with Crippen LogP contribution in [0.2, 0.25) is 0 Å². The minimum atomic E-state index is 0.612. The van der Waals surface area contributed by atoms with E-state index >= 15 is 0 Å². The molecule has 0 spiro atoms. The van der Waals surface area contributed by atoms with E-state index in [2.05, 4.69) is 38.2 Å². The fraction of sp³-hybridized carbons (Fsp3) is 1.00. The number of likely N-dealkylation sites (N-methyl/N-ethyl adjacent to an activating group) is 2. The number of hydrogen-bond donors (Lipinski definition) is 1. The van der Waals surface area contributed by atoms with Crippen molar-refractivity contribution < 1.29 is 4.74 Å². The molecule has 1 rings (SSSR count). The van der Waals surface area contributed by atoms with Crippen molar-refractivity contribution in [2.45, 2.75) is 57.7 Å². The van der Waals surface area contributed by atoms with Crippen LogP contribution in [-0.4, -0.2) is 50.3 Å². The first kappa shape index (κ1) is 13.9. The van der Waals surface area contributed by atoms with E-state index in [0.717, 1.165) is 13.2 Å². The molecule has 0 aromatic rings. The molecule has 1 aliphatic rings. The summed E-state index contributed by atoms with van der Waals surface area (Å²) in [5.74, 6) is 0. The van der Waals surface area contributed by atoms with E-state index in [-0.39, 0.29) is 0 Å². The lowest BCUT2D eigenvalue weighted by Crippen LogP contribution is -2.51. The molecule has 3 nitrogen and oxygen atoms in total. The Kier molecular flexibility index (Phi) is 6.32. The van der Waals surface area contributed by atoms with Crippen LogP contribution in [0, 0.1) is 0 Å². The predicted octanol–water partition coefficient (Wildman–Crippen LogP) is 1.87. The van der Waals surface area contributed by atoms with Crippen molar-refractivity contribution in [1.29, 1.82) is 0 Å². The Labute approximate surface area is 101 Å². The number of ether oxygens (including phenoxy) is 1. The summed E-state index contributed by atoms with van der Waals surface area (Å²) in [5.41, 5.74) is 0. The molecule has 3 unspecified atom stereocenters. The van der Waals surface area contributed by atoms with Gasteiger partial charge in [0, 0.05) is 24.7 Å². The third-order valence-electron chi connectivity index (χ3n) is 3.86. The van der Waals surface area contributed by atoms with Crippen molar-refractivity contribution in [3.63, 3.8) is 0 Å². The quantitative estimate of drug-likeness (QED) is 0.720. The van der Waals surface area contributed by atoms with Crippen LogP contribution < -0.4 is 5.32 Å². The monoisotopic (exact) mass is 228 g/mol. The van der Waals surface area contributed by atoms with Gasteiger partial charge in [-0.05, 0) is 33.4 Å². The molecular formula is C13H28N2O. The third-order valence-corrected chi connectivity index (χ3v) is 3.86. The molecule has 0 bridgehead atoms. The van der Waals surface area contributed by atoms with Crippen LogP contribution in [-0.2, 0) is 4.74 Å². The highest BCUT2D eigenvalue weighted by atomic mass is 16.5. The second-order valence-corrected chi connectivity index (χ2v) is 4.84. The molecule has 1 aliphatic heterocycles. The van der Waals surface area contributed by atoms with Gasteiger partial charge in [0.2, 0.25) is 0 Å². The Morgan fingerprint density at radius 2 is 2.19 bits per heavy atom. The van der Waals surface area contributed by atoms with Crippen LogP contribution >= 0.6 is 0 Å². The smallest absolute Gasteiger partial charge is 0.0622 e. The first-order valence-corrected chi connectivity index (χ1v) is 6.71.